The second-order valence-electron chi connectivity index (χ2n) is 9.93. The Balaban J connectivity index is 3.09. The average Bonchev–Trinajstić information content (AvgIpc) is 2.77. The molecule has 0 atom stereocenters. The first-order chi connectivity index (χ1) is 16.4. The van der Waals surface area contributed by atoms with Gasteiger partial charge >= 0.3 is 12.1 Å². The summed E-state index contributed by atoms with van der Waals surface area (Å²) in [6, 6.07) is 4.85. The number of methoxy groups -OCH3 is 2. The molecule has 1 amide bonds. The number of carbonyl (C=O) groups excluding carboxylic acids is 2. The van der Waals surface area contributed by atoms with Gasteiger partial charge in [-0.3, -0.25) is 4.90 Å². The zero-order chi connectivity index (χ0) is 26.6. The van der Waals surface area contributed by atoms with Crippen LogP contribution in [0.4, 0.5) is 10.5 Å². The second kappa shape index (κ2) is 14.4. The summed E-state index contributed by atoms with van der Waals surface area (Å²) >= 11 is 0. The molecule has 0 bridgehead atoms. The summed E-state index contributed by atoms with van der Waals surface area (Å²) in [6.45, 7) is 14.2. The van der Waals surface area contributed by atoms with Gasteiger partial charge in [-0.05, 0) is 92.3 Å². The molecule has 0 aromatic heterocycles. The topological polar surface area (TPSA) is 65.1 Å². The molecular weight excluding hydrogens is 442 g/mol. The lowest BCUT2D eigenvalue weighted by molar-refractivity contribution is 0.0575. The summed E-state index contributed by atoms with van der Waals surface area (Å²) in [7, 11) is 2.85. The van der Waals surface area contributed by atoms with E-state index in [9.17, 15) is 9.59 Å². The van der Waals surface area contributed by atoms with Crippen molar-refractivity contribution in [2.24, 2.45) is 0 Å². The monoisotopic (exact) mass is 485 g/mol. The molecule has 1 aromatic carbocycles. The molecule has 0 fully saturated rings. The van der Waals surface area contributed by atoms with Gasteiger partial charge in [0.2, 0.25) is 0 Å². The van der Waals surface area contributed by atoms with E-state index in [-0.39, 0.29) is 6.54 Å². The SMILES string of the molecule is COC(=O)c1ccc(OC)c(N(CC=C(C)CCC=C(C)CCC=C(C)C)C(=O)OC(C)(C)C)c1. The predicted octanol–water partition coefficient (Wildman–Crippen LogP) is 7.64. The number of ether oxygens (including phenoxy) is 3. The van der Waals surface area contributed by atoms with Crippen molar-refractivity contribution < 1.29 is 23.8 Å². The molecule has 0 aliphatic rings. The van der Waals surface area contributed by atoms with Gasteiger partial charge in [-0.2, -0.15) is 0 Å². The molecule has 0 saturated heterocycles. The van der Waals surface area contributed by atoms with Crippen LogP contribution in [0.2, 0.25) is 0 Å². The number of amides is 1. The minimum Gasteiger partial charge on any atom is -0.495 e. The Hall–Kier alpha value is -3.02. The van der Waals surface area contributed by atoms with Crippen LogP contribution in [0, 0.1) is 0 Å². The number of esters is 1. The van der Waals surface area contributed by atoms with Crippen molar-refractivity contribution in [3.05, 3.63) is 58.7 Å². The predicted molar refractivity (Wildman–Crippen MR) is 143 cm³/mol. The number of benzene rings is 1. The molecule has 0 heterocycles. The van der Waals surface area contributed by atoms with Crippen molar-refractivity contribution >= 4 is 17.7 Å². The van der Waals surface area contributed by atoms with Crippen molar-refractivity contribution in [1.82, 2.24) is 0 Å². The van der Waals surface area contributed by atoms with E-state index in [0.717, 1.165) is 31.3 Å². The molecule has 6 heteroatoms. The van der Waals surface area contributed by atoms with Crippen LogP contribution in [0.15, 0.2) is 53.1 Å². The van der Waals surface area contributed by atoms with Gasteiger partial charge in [0.25, 0.3) is 0 Å². The van der Waals surface area contributed by atoms with Crippen molar-refractivity contribution in [1.29, 1.82) is 0 Å². The van der Waals surface area contributed by atoms with Crippen molar-refractivity contribution in [3.63, 3.8) is 0 Å². The molecule has 0 radical (unpaired) electrons. The highest BCUT2D eigenvalue weighted by molar-refractivity contribution is 5.95. The molecule has 35 heavy (non-hydrogen) atoms. The van der Waals surface area contributed by atoms with Crippen molar-refractivity contribution in [3.8, 4) is 5.75 Å². The molecule has 6 nitrogen and oxygen atoms in total. The molecule has 0 N–H and O–H groups in total. The van der Waals surface area contributed by atoms with Gasteiger partial charge in [0.15, 0.2) is 0 Å². The van der Waals surface area contributed by atoms with E-state index in [1.807, 2.05) is 26.8 Å². The van der Waals surface area contributed by atoms with E-state index in [4.69, 9.17) is 14.2 Å². The Morgan fingerprint density at radius 2 is 1.51 bits per heavy atom. The quantitative estimate of drug-likeness (QED) is 0.238. The first kappa shape index (κ1) is 30.0. The molecule has 0 spiro atoms. The minimum absolute atomic E-state index is 0.283. The fraction of sp³-hybridized carbons (Fsp3) is 0.517. The Labute approximate surface area is 211 Å². The largest absolute Gasteiger partial charge is 0.495 e. The third kappa shape index (κ3) is 11.3. The van der Waals surface area contributed by atoms with Crippen LogP contribution >= 0.6 is 0 Å². The average molecular weight is 486 g/mol. The Morgan fingerprint density at radius 3 is 2.06 bits per heavy atom. The number of nitrogens with zero attached hydrogens (tertiary/aromatic N) is 1. The second-order valence-corrected chi connectivity index (χ2v) is 9.93. The summed E-state index contributed by atoms with van der Waals surface area (Å²) in [5, 5.41) is 0. The van der Waals surface area contributed by atoms with Gasteiger partial charge in [0, 0.05) is 6.54 Å². The Kier molecular flexibility index (Phi) is 12.3. The first-order valence-corrected chi connectivity index (χ1v) is 12.1. The first-order valence-electron chi connectivity index (χ1n) is 12.1. The standard InChI is InChI=1S/C29H43NO5/c1-21(2)12-10-13-22(3)14-11-15-23(4)18-19-30(28(32)35-29(5,6)7)25-20-24(27(31)34-9)16-17-26(25)33-8/h12,14,16-18,20H,10-11,13,15,19H2,1-9H3. The fourth-order valence-electron chi connectivity index (χ4n) is 3.32. The van der Waals surface area contributed by atoms with E-state index in [0.29, 0.717) is 17.0 Å². The number of allylic oxidation sites excluding steroid dienone is 5. The fourth-order valence-corrected chi connectivity index (χ4v) is 3.32. The van der Waals surface area contributed by atoms with Crippen LogP contribution in [0.1, 0.15) is 84.5 Å². The van der Waals surface area contributed by atoms with Gasteiger partial charge in [-0.1, -0.05) is 34.9 Å². The number of carbonyl (C=O) groups is 2. The van der Waals surface area contributed by atoms with Crippen molar-refractivity contribution in [2.45, 2.75) is 79.8 Å². The van der Waals surface area contributed by atoms with E-state index in [1.54, 1.807) is 18.2 Å². The molecule has 1 rings (SSSR count). The van der Waals surface area contributed by atoms with Gasteiger partial charge in [-0.25, -0.2) is 9.59 Å². The third-order valence-corrected chi connectivity index (χ3v) is 5.25. The lowest BCUT2D eigenvalue weighted by Crippen LogP contribution is -2.37. The highest BCUT2D eigenvalue weighted by Crippen LogP contribution is 2.31. The molecule has 194 valence electrons. The van der Waals surface area contributed by atoms with E-state index < -0.39 is 17.7 Å². The molecule has 0 unspecified atom stereocenters. The summed E-state index contributed by atoms with van der Waals surface area (Å²) in [6.07, 6.45) is 10.0. The molecule has 0 saturated carbocycles. The van der Waals surface area contributed by atoms with Crippen LogP contribution in [0.25, 0.3) is 0 Å². The van der Waals surface area contributed by atoms with Crippen molar-refractivity contribution in [2.75, 3.05) is 25.7 Å². The van der Waals surface area contributed by atoms with Crippen LogP contribution in [0.3, 0.4) is 0 Å². The summed E-state index contributed by atoms with van der Waals surface area (Å²) in [4.78, 5) is 26.7. The van der Waals surface area contributed by atoms with Gasteiger partial charge in [-0.15, -0.1) is 0 Å². The molecule has 1 aromatic rings. The smallest absolute Gasteiger partial charge is 0.415 e. The van der Waals surface area contributed by atoms with Gasteiger partial charge in [0.1, 0.15) is 11.4 Å². The number of rotatable bonds is 11. The van der Waals surface area contributed by atoms with E-state index in [2.05, 4.69) is 39.8 Å². The summed E-state index contributed by atoms with van der Waals surface area (Å²) in [5.41, 5.74) is 4.00. The Bertz CT molecular complexity index is 946. The number of anilines is 1. The number of hydrogen-bond donors (Lipinski definition) is 0. The highest BCUT2D eigenvalue weighted by Gasteiger charge is 2.26. The van der Waals surface area contributed by atoms with Crippen LogP contribution in [-0.2, 0) is 9.47 Å². The van der Waals surface area contributed by atoms with Crippen LogP contribution < -0.4 is 9.64 Å². The lowest BCUT2D eigenvalue weighted by Gasteiger charge is -2.28. The minimum atomic E-state index is -0.672. The highest BCUT2D eigenvalue weighted by atomic mass is 16.6. The summed E-state index contributed by atoms with van der Waals surface area (Å²) < 4.78 is 16.0. The third-order valence-electron chi connectivity index (χ3n) is 5.25. The van der Waals surface area contributed by atoms with Gasteiger partial charge < -0.3 is 14.2 Å². The normalized spacial score (nSPS) is 12.1. The number of hydrogen-bond acceptors (Lipinski definition) is 5. The zero-order valence-corrected chi connectivity index (χ0v) is 23.0. The Morgan fingerprint density at radius 1 is 0.914 bits per heavy atom. The maximum Gasteiger partial charge on any atom is 0.415 e. The molecule has 0 aliphatic heterocycles. The molecular formula is C29H43NO5. The zero-order valence-electron chi connectivity index (χ0n) is 23.0. The van der Waals surface area contributed by atoms with E-state index in [1.165, 1.54) is 30.3 Å². The maximum absolute atomic E-state index is 13.1. The maximum atomic E-state index is 13.1. The van der Waals surface area contributed by atoms with Crippen LogP contribution in [0.5, 0.6) is 5.75 Å². The molecule has 0 aliphatic carbocycles. The van der Waals surface area contributed by atoms with E-state index >= 15 is 0 Å². The van der Waals surface area contributed by atoms with Crippen LogP contribution in [-0.4, -0.2) is 38.4 Å². The summed E-state index contributed by atoms with van der Waals surface area (Å²) in [5.74, 6) is -0.0269. The van der Waals surface area contributed by atoms with Gasteiger partial charge in [0.05, 0.1) is 25.5 Å². The lowest BCUT2D eigenvalue weighted by atomic mass is 10.1.